The molecule has 29 nitrogen and oxygen atoms in total. The number of nitro benzene ring substituents is 2. The number of hydrogen-bond acceptors (Lipinski definition) is 24. The number of nitro groups is 3. The molecular formula is C83H84F12I2N8O21. The fourth-order valence-corrected chi connectivity index (χ4v) is 13.6. The highest BCUT2D eigenvalue weighted by Gasteiger charge is 2.32. The standard InChI is InChI=1S/C20H21F2IN2O6.C18H13F2IN2O4.C13H19F2NO3.C13H15F2NO3.C11H10F2N2O3.C8H6F2O2/c1-29-19(30-2)14(13-5-3-4-6-17(13)31-20(21)22)9-10-24-18(26)15-8-7-12(25(27)28)11-16(15)23;19-18(20)27-16-4-2-1-3-13(16)11-7-8-22(10-11)17(24)14-6-5-12(23(25)26)9-15(14)21;2*1-17-12(18-2)10(7-8-16)9-5-3-4-6-11(9)19-13(14)15;12-11(13)18-10-4-2-1-3-9(10)8(5-6-14)7-15(16)17;9-8(10)12-7-4-2-1-3-6(7)5-11/h3-8,11,14,19-20H,9-10H2,1-2H3,(H,24,26);1-6,9-10,18H,7-8H2;3-6,10,12-13H,7-8,16H2,1-2H3;3-6,10,12-13H,7H2,1-2H3;1-4,8,11H,5,7H2;1-5,8H. The third-order valence-electron chi connectivity index (χ3n) is 17.5. The minimum atomic E-state index is -3.01. The Labute approximate surface area is 741 Å². The van der Waals surface area contributed by atoms with Gasteiger partial charge in [-0.25, -0.2) is 0 Å². The van der Waals surface area contributed by atoms with Crippen molar-refractivity contribution >= 4 is 80.2 Å². The van der Waals surface area contributed by atoms with Crippen LogP contribution in [-0.2, 0) is 28.4 Å². The number of aldehydes is 1. The van der Waals surface area contributed by atoms with E-state index in [4.69, 9.17) is 44.7 Å². The van der Waals surface area contributed by atoms with Gasteiger partial charge in [0.25, 0.3) is 23.2 Å². The van der Waals surface area contributed by atoms with Crippen molar-refractivity contribution in [3.63, 3.8) is 0 Å². The summed E-state index contributed by atoms with van der Waals surface area (Å²) in [7, 11) is 8.69. The first kappa shape index (κ1) is 107. The summed E-state index contributed by atoms with van der Waals surface area (Å²) < 4.78 is 207. The number of alkyl halides is 12. The molecule has 1 heterocycles. The molecule has 0 aliphatic carbocycles. The molecule has 8 aromatic rings. The predicted molar refractivity (Wildman–Crippen MR) is 446 cm³/mol. The van der Waals surface area contributed by atoms with Crippen molar-refractivity contribution in [1.82, 2.24) is 10.2 Å². The van der Waals surface area contributed by atoms with Gasteiger partial charge in [0.15, 0.2) is 25.2 Å². The fourth-order valence-electron chi connectivity index (χ4n) is 12.2. The first-order chi connectivity index (χ1) is 60.2. The number of nitrogens with zero attached hydrogens (tertiary/aromatic N) is 6. The van der Waals surface area contributed by atoms with E-state index in [2.05, 4.69) is 33.7 Å². The number of nitrogens with two attached hydrogens (primary N) is 1. The first-order valence-corrected chi connectivity index (χ1v) is 38.9. The van der Waals surface area contributed by atoms with Gasteiger partial charge in [-0.3, -0.25) is 44.7 Å². The molecule has 0 saturated carbocycles. The number of nitrogens with one attached hydrogen (secondary N) is 1. The monoisotopic (exact) mass is 2010 g/mol. The van der Waals surface area contributed by atoms with Crippen LogP contribution < -0.4 is 39.5 Å². The van der Waals surface area contributed by atoms with Crippen molar-refractivity contribution in [2.24, 2.45) is 5.73 Å². The second kappa shape index (κ2) is 57.1. The highest BCUT2D eigenvalue weighted by Crippen LogP contribution is 2.39. The zero-order chi connectivity index (χ0) is 93.5. The van der Waals surface area contributed by atoms with Crippen LogP contribution in [0.15, 0.2) is 188 Å². The molecule has 126 heavy (non-hydrogen) atoms. The Morgan fingerprint density at radius 2 is 0.841 bits per heavy atom. The Kier molecular flexibility index (Phi) is 48.4. The maximum Gasteiger partial charge on any atom is 0.387 e. The molecule has 9 rings (SSSR count). The lowest BCUT2D eigenvalue weighted by Gasteiger charge is -2.27. The summed E-state index contributed by atoms with van der Waals surface area (Å²) in [5.74, 6) is -2.80. The van der Waals surface area contributed by atoms with Gasteiger partial charge in [0, 0.05) is 151 Å². The van der Waals surface area contributed by atoms with E-state index in [9.17, 15) is 97.4 Å². The Morgan fingerprint density at radius 1 is 0.484 bits per heavy atom. The number of amides is 2. The van der Waals surface area contributed by atoms with E-state index in [-0.39, 0.29) is 88.2 Å². The van der Waals surface area contributed by atoms with E-state index < -0.39 is 104 Å². The van der Waals surface area contributed by atoms with E-state index in [1.165, 1.54) is 145 Å². The van der Waals surface area contributed by atoms with Crippen molar-refractivity contribution in [3.05, 3.63) is 270 Å². The van der Waals surface area contributed by atoms with Gasteiger partial charge >= 0.3 is 39.7 Å². The van der Waals surface area contributed by atoms with Gasteiger partial charge in [0.1, 0.15) is 34.5 Å². The number of ether oxygens (including phenoxy) is 12. The maximum absolute atomic E-state index is 12.8. The number of para-hydroxylation sites is 6. The molecule has 1 aliphatic rings. The lowest BCUT2D eigenvalue weighted by atomic mass is 9.93. The van der Waals surface area contributed by atoms with E-state index in [0.717, 1.165) is 0 Å². The lowest BCUT2D eigenvalue weighted by Crippen LogP contribution is -2.30. The van der Waals surface area contributed by atoms with Crippen molar-refractivity contribution < 1.29 is 139 Å². The van der Waals surface area contributed by atoms with Gasteiger partial charge in [0.05, 0.1) is 50.5 Å². The maximum atomic E-state index is 12.8. The van der Waals surface area contributed by atoms with Crippen LogP contribution in [0.2, 0.25) is 0 Å². The van der Waals surface area contributed by atoms with Gasteiger partial charge < -0.3 is 72.8 Å². The normalized spacial score (nSPS) is 12.4. The molecule has 0 bridgehead atoms. The van der Waals surface area contributed by atoms with Crippen LogP contribution in [0.25, 0.3) is 5.57 Å². The molecule has 680 valence electrons. The highest BCUT2D eigenvalue weighted by atomic mass is 127. The van der Waals surface area contributed by atoms with Crippen LogP contribution in [0.1, 0.15) is 115 Å². The van der Waals surface area contributed by atoms with Crippen LogP contribution in [0, 0.1) is 60.1 Å². The molecule has 4 atom stereocenters. The second-order valence-corrected chi connectivity index (χ2v) is 27.5. The third kappa shape index (κ3) is 35.5. The zero-order valence-corrected chi connectivity index (χ0v) is 71.8. The van der Waals surface area contributed by atoms with Crippen molar-refractivity contribution in [3.8, 4) is 46.6 Å². The summed E-state index contributed by atoms with van der Waals surface area (Å²) >= 11 is 3.73. The van der Waals surface area contributed by atoms with Crippen LogP contribution in [0.3, 0.4) is 0 Å². The number of methoxy groups -OCH3 is 6. The summed E-state index contributed by atoms with van der Waals surface area (Å²) in [6.45, 7) is -17.2. The molecule has 2 amide bonds. The Hall–Kier alpha value is -11.6. The number of hydrogen-bond donors (Lipinski definition) is 2. The minimum Gasteiger partial charge on any atom is -0.435 e. The summed E-state index contributed by atoms with van der Waals surface area (Å²) in [6, 6.07) is 49.0. The summed E-state index contributed by atoms with van der Waals surface area (Å²) in [5, 5.41) is 52.4. The quantitative estimate of drug-likeness (QED) is 0.00899. The molecule has 8 aromatic carbocycles. The topological polar surface area (TPSA) is 380 Å². The largest absolute Gasteiger partial charge is 0.435 e. The third-order valence-corrected chi connectivity index (χ3v) is 19.3. The molecule has 0 radical (unpaired) electrons. The molecular weight excluding hydrogens is 1930 g/mol. The molecule has 0 spiro atoms. The fraction of sp³-hybridized carbons (Fsp3) is 0.337. The average molecular weight is 2010 g/mol. The van der Waals surface area contributed by atoms with Crippen molar-refractivity contribution in [1.29, 1.82) is 10.5 Å². The Balaban J connectivity index is 0.000000324. The van der Waals surface area contributed by atoms with Gasteiger partial charge in [-0.15, -0.1) is 0 Å². The lowest BCUT2D eigenvalue weighted by molar-refractivity contribution is -0.483. The van der Waals surface area contributed by atoms with E-state index in [0.29, 0.717) is 84.7 Å². The predicted octanol–water partition coefficient (Wildman–Crippen LogP) is 18.9. The summed E-state index contributed by atoms with van der Waals surface area (Å²) in [4.78, 5) is 67.5. The summed E-state index contributed by atoms with van der Waals surface area (Å²) in [5.41, 5.74) is 9.09. The minimum absolute atomic E-state index is 0.00200. The average Bonchev–Trinajstić information content (AvgIpc) is 1.65. The number of carbonyl (C=O) groups is 3. The molecule has 0 fully saturated rings. The number of halogens is 14. The van der Waals surface area contributed by atoms with E-state index in [1.807, 2.05) is 51.3 Å². The number of rotatable bonds is 40. The molecule has 43 heteroatoms. The SMILES string of the molecule is COC(OC)C(CC#N)c1ccccc1OC(F)F.COC(OC)C(CCN)c1ccccc1OC(F)F.COC(OC)C(CCNC(=O)c1ccc([N+](=O)[O-])cc1I)c1ccccc1OC(F)F.N#CCC(C[N+](=O)[O-])c1ccccc1OC(F)F.O=C(c1ccc([N+](=O)[O-])cc1I)N1C=C(c2ccccc2OC(F)F)CC1.O=Cc1ccccc1OC(F)F. The van der Waals surface area contributed by atoms with Gasteiger partial charge in [-0.2, -0.15) is 63.2 Å². The molecule has 1 aliphatic heterocycles. The number of carbonyl (C=O) groups excluding carboxylic acids is 3. The summed E-state index contributed by atoms with van der Waals surface area (Å²) in [6.07, 6.45) is 1.29. The van der Waals surface area contributed by atoms with Gasteiger partial charge in [-0.05, 0) is 131 Å². The first-order valence-electron chi connectivity index (χ1n) is 36.8. The molecule has 0 saturated heterocycles. The second-order valence-electron chi connectivity index (χ2n) is 25.2. The van der Waals surface area contributed by atoms with E-state index in [1.54, 1.807) is 97.2 Å². The highest BCUT2D eigenvalue weighted by molar-refractivity contribution is 14.1. The van der Waals surface area contributed by atoms with Crippen LogP contribution in [-0.4, -0.2) is 165 Å². The number of nitriles is 2. The van der Waals surface area contributed by atoms with Crippen LogP contribution in [0.5, 0.6) is 34.5 Å². The Morgan fingerprint density at radius 3 is 1.24 bits per heavy atom. The smallest absolute Gasteiger partial charge is 0.387 e. The Bertz CT molecular complexity index is 4860. The zero-order valence-electron chi connectivity index (χ0n) is 67.5. The van der Waals surface area contributed by atoms with Gasteiger partial charge in [0.2, 0.25) is 6.54 Å². The van der Waals surface area contributed by atoms with E-state index >= 15 is 0 Å². The van der Waals surface area contributed by atoms with Crippen LogP contribution in [0.4, 0.5) is 64.1 Å². The molecule has 4 unspecified atom stereocenters. The van der Waals surface area contributed by atoms with Gasteiger partial charge in [-0.1, -0.05) is 103 Å². The molecule has 3 N–H and O–H groups in total. The van der Waals surface area contributed by atoms with Crippen LogP contribution >= 0.6 is 45.2 Å². The number of non-ortho nitro benzene ring substituents is 2. The molecule has 0 aromatic heterocycles. The van der Waals surface area contributed by atoms with Crippen molar-refractivity contribution in [2.75, 3.05) is 68.8 Å². The van der Waals surface area contributed by atoms with Crippen molar-refractivity contribution in [2.45, 2.75) is 114 Å². The number of benzene rings is 8.